The molecular formula is C25H39FN6O. The van der Waals surface area contributed by atoms with Crippen molar-refractivity contribution >= 4 is 11.8 Å². The number of likely N-dealkylation sites (N-methyl/N-ethyl adjacent to an activating group) is 1. The minimum Gasteiger partial charge on any atom is -0.354 e. The molecule has 1 aliphatic rings. The molecular weight excluding hydrogens is 419 g/mol. The summed E-state index contributed by atoms with van der Waals surface area (Å²) < 4.78 is 15.9. The van der Waals surface area contributed by atoms with E-state index in [1.54, 1.807) is 6.07 Å². The van der Waals surface area contributed by atoms with Gasteiger partial charge in [-0.3, -0.25) is 0 Å². The molecule has 7 nitrogen and oxygen atoms in total. The number of aryl methyl sites for hydroxylation is 1. The van der Waals surface area contributed by atoms with Crippen LogP contribution in [0.4, 0.5) is 15.0 Å². The van der Waals surface area contributed by atoms with Crippen LogP contribution < -0.4 is 10.2 Å². The Labute approximate surface area is 197 Å². The second-order valence-electron chi connectivity index (χ2n) is 9.01. The van der Waals surface area contributed by atoms with E-state index in [2.05, 4.69) is 29.0 Å². The third-order valence-corrected chi connectivity index (χ3v) is 6.35. The highest BCUT2D eigenvalue weighted by Gasteiger charge is 2.28. The maximum atomic E-state index is 14.1. The number of carbonyl (C=O) groups is 1. The number of anilines is 1. The Bertz CT molecular complexity index is 920. The van der Waals surface area contributed by atoms with Gasteiger partial charge in [-0.2, -0.15) is 5.10 Å². The van der Waals surface area contributed by atoms with Crippen LogP contribution in [0.5, 0.6) is 0 Å². The molecule has 1 aliphatic heterocycles. The van der Waals surface area contributed by atoms with Crippen molar-refractivity contribution in [2.75, 3.05) is 44.2 Å². The Kier molecular flexibility index (Phi) is 8.72. The lowest BCUT2D eigenvalue weighted by atomic mass is 10.1. The van der Waals surface area contributed by atoms with Gasteiger partial charge in [0.1, 0.15) is 11.6 Å². The molecule has 182 valence electrons. The number of unbranched alkanes of at least 4 members (excludes halogenated alkanes) is 1. The first-order chi connectivity index (χ1) is 15.8. The van der Waals surface area contributed by atoms with Crippen molar-refractivity contribution in [3.8, 4) is 5.69 Å². The smallest absolute Gasteiger partial charge is 0.317 e. The Balaban J connectivity index is 1.98. The molecule has 1 N–H and O–H groups in total. The molecule has 3 rings (SSSR count). The standard InChI is InChI=1S/C25H39FN6O/c1-6-8-12-27-25(33)31(19(3)4)18-23-20(5)28-32(22-11-9-10-21(26)17-22)24(23)30-15-13-29(7-2)14-16-30/h9-11,17,19H,6-8,12-16,18H2,1-5H3,(H,27,33). The molecule has 0 radical (unpaired) electrons. The van der Waals surface area contributed by atoms with Crippen LogP contribution in [0.15, 0.2) is 24.3 Å². The molecule has 2 heterocycles. The number of hydrogen-bond donors (Lipinski definition) is 1. The van der Waals surface area contributed by atoms with E-state index >= 15 is 0 Å². The van der Waals surface area contributed by atoms with Crippen molar-refractivity contribution in [2.45, 2.75) is 60.0 Å². The number of nitrogens with one attached hydrogen (secondary N) is 1. The molecule has 0 bridgehead atoms. The van der Waals surface area contributed by atoms with Gasteiger partial charge in [0, 0.05) is 44.3 Å². The lowest BCUT2D eigenvalue weighted by molar-refractivity contribution is 0.179. The van der Waals surface area contributed by atoms with Gasteiger partial charge in [0.15, 0.2) is 0 Å². The van der Waals surface area contributed by atoms with Crippen molar-refractivity contribution in [1.29, 1.82) is 0 Å². The molecule has 33 heavy (non-hydrogen) atoms. The molecule has 0 spiro atoms. The monoisotopic (exact) mass is 458 g/mol. The Morgan fingerprint density at radius 2 is 1.94 bits per heavy atom. The first-order valence-electron chi connectivity index (χ1n) is 12.2. The van der Waals surface area contributed by atoms with Gasteiger partial charge >= 0.3 is 6.03 Å². The van der Waals surface area contributed by atoms with Crippen LogP contribution >= 0.6 is 0 Å². The minimum absolute atomic E-state index is 0.0355. The van der Waals surface area contributed by atoms with E-state index in [-0.39, 0.29) is 17.9 Å². The van der Waals surface area contributed by atoms with Crippen LogP contribution in [-0.4, -0.2) is 70.9 Å². The van der Waals surface area contributed by atoms with Gasteiger partial charge in [-0.1, -0.05) is 26.3 Å². The summed E-state index contributed by atoms with van der Waals surface area (Å²) in [5, 5.41) is 7.87. The van der Waals surface area contributed by atoms with Crippen molar-refractivity contribution < 1.29 is 9.18 Å². The van der Waals surface area contributed by atoms with Crippen LogP contribution in [-0.2, 0) is 6.54 Å². The van der Waals surface area contributed by atoms with Crippen LogP contribution in [0.1, 0.15) is 51.8 Å². The summed E-state index contributed by atoms with van der Waals surface area (Å²) in [5.74, 6) is 0.670. The highest BCUT2D eigenvalue weighted by Crippen LogP contribution is 2.30. The SMILES string of the molecule is CCCCNC(=O)N(Cc1c(C)nn(-c2cccc(F)c2)c1N1CCN(CC)CC1)C(C)C. The number of amides is 2. The number of hydrogen-bond acceptors (Lipinski definition) is 4. The Morgan fingerprint density at radius 1 is 1.21 bits per heavy atom. The highest BCUT2D eigenvalue weighted by atomic mass is 19.1. The minimum atomic E-state index is -0.289. The second-order valence-corrected chi connectivity index (χ2v) is 9.01. The van der Waals surface area contributed by atoms with Crippen molar-refractivity contribution in [1.82, 2.24) is 24.9 Å². The predicted molar refractivity (Wildman–Crippen MR) is 132 cm³/mol. The van der Waals surface area contributed by atoms with Gasteiger partial charge in [-0.25, -0.2) is 13.9 Å². The van der Waals surface area contributed by atoms with Crippen molar-refractivity contribution in [2.24, 2.45) is 0 Å². The van der Waals surface area contributed by atoms with Crippen molar-refractivity contribution in [3.63, 3.8) is 0 Å². The van der Waals surface area contributed by atoms with Gasteiger partial charge in [0.05, 0.1) is 17.9 Å². The zero-order valence-electron chi connectivity index (χ0n) is 20.8. The normalized spacial score (nSPS) is 14.7. The average molecular weight is 459 g/mol. The van der Waals surface area contributed by atoms with E-state index in [4.69, 9.17) is 5.10 Å². The average Bonchev–Trinajstić information content (AvgIpc) is 3.13. The van der Waals surface area contributed by atoms with E-state index < -0.39 is 0 Å². The largest absolute Gasteiger partial charge is 0.354 e. The molecule has 0 unspecified atom stereocenters. The number of halogens is 1. The zero-order chi connectivity index (χ0) is 24.0. The number of aromatic nitrogens is 2. The van der Waals surface area contributed by atoms with E-state index in [0.29, 0.717) is 18.8 Å². The lowest BCUT2D eigenvalue weighted by Crippen LogP contribution is -2.47. The fourth-order valence-corrected chi connectivity index (χ4v) is 4.25. The third-order valence-electron chi connectivity index (χ3n) is 6.35. The van der Waals surface area contributed by atoms with Crippen LogP contribution in [0.2, 0.25) is 0 Å². The van der Waals surface area contributed by atoms with Gasteiger partial charge in [-0.15, -0.1) is 0 Å². The maximum Gasteiger partial charge on any atom is 0.317 e. The van der Waals surface area contributed by atoms with E-state index in [1.165, 1.54) is 12.1 Å². The molecule has 2 amide bonds. The third kappa shape index (κ3) is 6.05. The van der Waals surface area contributed by atoms with Crippen LogP contribution in [0.3, 0.4) is 0 Å². The number of rotatable bonds is 9. The second kappa shape index (κ2) is 11.5. The summed E-state index contributed by atoms with van der Waals surface area (Å²) in [7, 11) is 0. The first-order valence-corrected chi connectivity index (χ1v) is 12.2. The van der Waals surface area contributed by atoms with E-state index in [9.17, 15) is 9.18 Å². The zero-order valence-corrected chi connectivity index (χ0v) is 20.8. The van der Waals surface area contributed by atoms with E-state index in [0.717, 1.165) is 62.6 Å². The van der Waals surface area contributed by atoms with Crippen molar-refractivity contribution in [3.05, 3.63) is 41.3 Å². The fraction of sp³-hybridized carbons (Fsp3) is 0.600. The topological polar surface area (TPSA) is 56.6 Å². The summed E-state index contributed by atoms with van der Waals surface area (Å²) in [5.41, 5.74) is 2.57. The fourth-order valence-electron chi connectivity index (χ4n) is 4.25. The van der Waals surface area contributed by atoms with E-state index in [1.807, 2.05) is 36.4 Å². The van der Waals surface area contributed by atoms with Gasteiger partial charge in [-0.05, 0) is 51.9 Å². The number of piperazine rings is 1. The molecule has 1 fully saturated rings. The van der Waals surface area contributed by atoms with Gasteiger partial charge < -0.3 is 20.0 Å². The Morgan fingerprint density at radius 3 is 2.55 bits per heavy atom. The maximum absolute atomic E-state index is 14.1. The summed E-state index contributed by atoms with van der Waals surface area (Å²) in [6.45, 7) is 16.2. The van der Waals surface area contributed by atoms with Crippen LogP contribution in [0, 0.1) is 12.7 Å². The van der Waals surface area contributed by atoms with Gasteiger partial charge in [0.25, 0.3) is 0 Å². The summed E-state index contributed by atoms with van der Waals surface area (Å²) in [6.07, 6.45) is 2.00. The Hall–Kier alpha value is -2.61. The molecule has 0 aliphatic carbocycles. The lowest BCUT2D eigenvalue weighted by Gasteiger charge is -2.36. The molecule has 2 aromatic rings. The number of benzene rings is 1. The molecule has 1 aromatic heterocycles. The summed E-state index contributed by atoms with van der Waals surface area (Å²) >= 11 is 0. The summed E-state index contributed by atoms with van der Waals surface area (Å²) in [4.78, 5) is 19.6. The van der Waals surface area contributed by atoms with Crippen LogP contribution in [0.25, 0.3) is 5.69 Å². The summed E-state index contributed by atoms with van der Waals surface area (Å²) in [6, 6.07) is 6.53. The number of urea groups is 1. The number of carbonyl (C=O) groups excluding carboxylic acids is 1. The number of nitrogens with zero attached hydrogens (tertiary/aromatic N) is 5. The molecule has 1 aromatic carbocycles. The predicted octanol–water partition coefficient (Wildman–Crippen LogP) is 4.18. The quantitative estimate of drug-likeness (QED) is 0.573. The molecule has 0 saturated carbocycles. The van der Waals surface area contributed by atoms with Gasteiger partial charge in [0.2, 0.25) is 0 Å². The molecule has 1 saturated heterocycles. The molecule has 8 heteroatoms. The highest BCUT2D eigenvalue weighted by molar-refractivity contribution is 5.75. The molecule has 0 atom stereocenters. The first kappa shape index (κ1) is 25.0.